The minimum Gasteiger partial charge on any atom is -0.481 e. The van der Waals surface area contributed by atoms with Crippen LogP contribution in [0.2, 0.25) is 0 Å². The van der Waals surface area contributed by atoms with Crippen LogP contribution in [-0.2, 0) is 6.42 Å². The van der Waals surface area contributed by atoms with Crippen molar-refractivity contribution in [2.24, 2.45) is 0 Å². The van der Waals surface area contributed by atoms with Gasteiger partial charge in [-0.25, -0.2) is 4.98 Å². The molecule has 136 valence electrons. The summed E-state index contributed by atoms with van der Waals surface area (Å²) < 4.78 is 10.7. The molecule has 0 spiro atoms. The van der Waals surface area contributed by atoms with Gasteiger partial charge in [0.1, 0.15) is 0 Å². The fourth-order valence-electron chi connectivity index (χ4n) is 3.17. The van der Waals surface area contributed by atoms with Crippen molar-refractivity contribution in [3.8, 4) is 5.88 Å². The molecule has 7 nitrogen and oxygen atoms in total. The highest BCUT2D eigenvalue weighted by atomic mass is 32.1. The molecule has 4 rings (SSSR count). The summed E-state index contributed by atoms with van der Waals surface area (Å²) in [6, 6.07) is 6.01. The first-order valence-corrected chi connectivity index (χ1v) is 9.52. The summed E-state index contributed by atoms with van der Waals surface area (Å²) in [5.74, 6) is 3.10. The molecule has 1 aliphatic heterocycles. The molecule has 3 aromatic rings. The molecule has 0 amide bonds. The maximum Gasteiger partial charge on any atom is 0.229 e. The number of thiophene rings is 1. The van der Waals surface area contributed by atoms with E-state index in [1.165, 1.54) is 9.75 Å². The molecular weight excluding hydrogens is 350 g/mol. The van der Waals surface area contributed by atoms with Crippen LogP contribution in [0.15, 0.2) is 28.9 Å². The zero-order valence-electron chi connectivity index (χ0n) is 14.9. The van der Waals surface area contributed by atoms with Gasteiger partial charge in [0.2, 0.25) is 17.7 Å². The van der Waals surface area contributed by atoms with E-state index in [9.17, 15) is 0 Å². The normalized spacial score (nSPS) is 15.4. The van der Waals surface area contributed by atoms with Crippen LogP contribution in [0.3, 0.4) is 0 Å². The van der Waals surface area contributed by atoms with Gasteiger partial charge in [-0.2, -0.15) is 9.97 Å². The van der Waals surface area contributed by atoms with Gasteiger partial charge >= 0.3 is 0 Å². The van der Waals surface area contributed by atoms with E-state index in [0.717, 1.165) is 44.1 Å². The Morgan fingerprint density at radius 1 is 1.23 bits per heavy atom. The molecule has 4 heterocycles. The fraction of sp³-hybridized carbons (Fsp3) is 0.444. The first-order valence-electron chi connectivity index (χ1n) is 8.71. The number of anilines is 1. The average molecular weight is 371 g/mol. The molecule has 0 bridgehead atoms. The lowest BCUT2D eigenvalue weighted by atomic mass is 9.97. The van der Waals surface area contributed by atoms with Crippen LogP contribution in [0.25, 0.3) is 0 Å². The largest absolute Gasteiger partial charge is 0.481 e. The maximum atomic E-state index is 5.53. The van der Waals surface area contributed by atoms with Gasteiger partial charge in [0.25, 0.3) is 0 Å². The van der Waals surface area contributed by atoms with Crippen LogP contribution in [-0.4, -0.2) is 40.3 Å². The lowest BCUT2D eigenvalue weighted by Gasteiger charge is -2.30. The Bertz CT molecular complexity index is 870. The van der Waals surface area contributed by atoms with E-state index < -0.39 is 0 Å². The number of aryl methyl sites for hydroxylation is 1. The summed E-state index contributed by atoms with van der Waals surface area (Å²) in [4.78, 5) is 18.1. The van der Waals surface area contributed by atoms with Crippen molar-refractivity contribution in [2.45, 2.75) is 32.1 Å². The SMILES string of the molecule is COc1ccnc(N2CCC(c3nc(Cc4ccc(C)s4)no3)CC2)n1. The van der Waals surface area contributed by atoms with Gasteiger partial charge in [0.15, 0.2) is 5.82 Å². The van der Waals surface area contributed by atoms with E-state index >= 15 is 0 Å². The van der Waals surface area contributed by atoms with Crippen molar-refractivity contribution in [1.29, 1.82) is 0 Å². The molecule has 0 N–H and O–H groups in total. The fourth-order valence-corrected chi connectivity index (χ4v) is 4.05. The maximum absolute atomic E-state index is 5.53. The van der Waals surface area contributed by atoms with Gasteiger partial charge in [0, 0.05) is 47.4 Å². The number of rotatable bonds is 5. The first kappa shape index (κ1) is 17.0. The van der Waals surface area contributed by atoms with Crippen molar-refractivity contribution in [3.05, 3.63) is 45.9 Å². The third kappa shape index (κ3) is 3.70. The minimum absolute atomic E-state index is 0.295. The monoisotopic (exact) mass is 371 g/mol. The van der Waals surface area contributed by atoms with Crippen LogP contribution in [0.4, 0.5) is 5.95 Å². The second-order valence-corrected chi connectivity index (χ2v) is 7.77. The highest BCUT2D eigenvalue weighted by Gasteiger charge is 2.26. The van der Waals surface area contributed by atoms with Crippen LogP contribution >= 0.6 is 11.3 Å². The summed E-state index contributed by atoms with van der Waals surface area (Å²) in [7, 11) is 1.61. The average Bonchev–Trinajstić information content (AvgIpc) is 3.31. The van der Waals surface area contributed by atoms with Crippen molar-refractivity contribution in [2.75, 3.05) is 25.1 Å². The smallest absolute Gasteiger partial charge is 0.229 e. The predicted molar refractivity (Wildman–Crippen MR) is 98.9 cm³/mol. The molecule has 0 unspecified atom stereocenters. The Morgan fingerprint density at radius 3 is 2.81 bits per heavy atom. The van der Waals surface area contributed by atoms with Crippen molar-refractivity contribution in [3.63, 3.8) is 0 Å². The molecule has 0 saturated carbocycles. The zero-order chi connectivity index (χ0) is 17.9. The van der Waals surface area contributed by atoms with Crippen LogP contribution in [0.5, 0.6) is 5.88 Å². The van der Waals surface area contributed by atoms with Crippen molar-refractivity contribution < 1.29 is 9.26 Å². The number of hydrogen-bond acceptors (Lipinski definition) is 8. The zero-order valence-corrected chi connectivity index (χ0v) is 15.7. The molecule has 0 atom stereocenters. The number of aromatic nitrogens is 4. The molecule has 3 aromatic heterocycles. The summed E-state index contributed by atoms with van der Waals surface area (Å²) in [6.45, 7) is 3.83. The Hall–Kier alpha value is -2.48. The quantitative estimate of drug-likeness (QED) is 0.681. The topological polar surface area (TPSA) is 77.2 Å². The highest BCUT2D eigenvalue weighted by Crippen LogP contribution is 2.29. The highest BCUT2D eigenvalue weighted by molar-refractivity contribution is 7.11. The molecule has 0 aliphatic carbocycles. The van der Waals surface area contributed by atoms with E-state index in [4.69, 9.17) is 9.26 Å². The van der Waals surface area contributed by atoms with E-state index in [-0.39, 0.29) is 0 Å². The minimum atomic E-state index is 0.295. The van der Waals surface area contributed by atoms with Crippen LogP contribution in [0.1, 0.15) is 40.2 Å². The Kier molecular flexibility index (Phi) is 4.83. The van der Waals surface area contributed by atoms with Crippen molar-refractivity contribution >= 4 is 17.3 Å². The molecule has 8 heteroatoms. The summed E-state index contributed by atoms with van der Waals surface area (Å²) >= 11 is 1.78. The number of hydrogen-bond donors (Lipinski definition) is 0. The van der Waals surface area contributed by atoms with E-state index in [0.29, 0.717) is 17.7 Å². The number of ether oxygens (including phenoxy) is 1. The molecule has 1 aliphatic rings. The third-order valence-electron chi connectivity index (χ3n) is 4.57. The first-order chi connectivity index (χ1) is 12.7. The Labute approximate surface area is 156 Å². The molecule has 1 saturated heterocycles. The van der Waals surface area contributed by atoms with Gasteiger partial charge in [-0.3, -0.25) is 0 Å². The summed E-state index contributed by atoms with van der Waals surface area (Å²) in [6.07, 6.45) is 4.35. The van der Waals surface area contributed by atoms with Crippen LogP contribution in [0, 0.1) is 6.92 Å². The van der Waals surface area contributed by atoms with E-state index in [1.807, 2.05) is 0 Å². The number of methoxy groups -OCH3 is 1. The van der Waals surface area contributed by atoms with Gasteiger partial charge < -0.3 is 14.2 Å². The lowest BCUT2D eigenvalue weighted by molar-refractivity contribution is 0.326. The molecule has 26 heavy (non-hydrogen) atoms. The van der Waals surface area contributed by atoms with Gasteiger partial charge in [-0.15, -0.1) is 11.3 Å². The predicted octanol–water partition coefficient (Wildman–Crippen LogP) is 3.21. The molecular formula is C18H21N5O2S. The second-order valence-electron chi connectivity index (χ2n) is 6.40. The Morgan fingerprint density at radius 2 is 2.08 bits per heavy atom. The lowest BCUT2D eigenvalue weighted by Crippen LogP contribution is -2.34. The van der Waals surface area contributed by atoms with Crippen molar-refractivity contribution in [1.82, 2.24) is 20.1 Å². The Balaban J connectivity index is 1.37. The number of piperidine rings is 1. The third-order valence-corrected chi connectivity index (χ3v) is 5.57. The molecule has 0 aromatic carbocycles. The standard InChI is InChI=1S/C18H21N5O2S/c1-12-3-4-14(26-12)11-15-20-17(25-22-15)13-6-9-23(10-7-13)18-19-8-5-16(21-18)24-2/h3-5,8,13H,6-7,9-11H2,1-2H3. The summed E-state index contributed by atoms with van der Waals surface area (Å²) in [5, 5.41) is 4.16. The van der Waals surface area contributed by atoms with Crippen LogP contribution < -0.4 is 9.64 Å². The van der Waals surface area contributed by atoms with Gasteiger partial charge in [-0.05, 0) is 31.9 Å². The van der Waals surface area contributed by atoms with E-state index in [1.54, 1.807) is 30.7 Å². The number of nitrogens with zero attached hydrogens (tertiary/aromatic N) is 5. The molecule has 0 radical (unpaired) electrons. The van der Waals surface area contributed by atoms with Gasteiger partial charge in [-0.1, -0.05) is 5.16 Å². The second kappa shape index (κ2) is 7.41. The summed E-state index contributed by atoms with van der Waals surface area (Å²) in [5.41, 5.74) is 0. The van der Waals surface area contributed by atoms with Gasteiger partial charge in [0.05, 0.1) is 7.11 Å². The molecule has 1 fully saturated rings. The van der Waals surface area contributed by atoms with E-state index in [2.05, 4.69) is 44.1 Å².